The predicted octanol–water partition coefficient (Wildman–Crippen LogP) is 1.39. The normalized spacial score (nSPS) is 25.7. The Bertz CT molecular complexity index is 194. The van der Waals surface area contributed by atoms with Gasteiger partial charge in [0, 0.05) is 6.54 Å². The number of halogens is 3. The molecule has 1 saturated heterocycles. The summed E-state index contributed by atoms with van der Waals surface area (Å²) < 4.78 is 35.4. The fraction of sp³-hybridized carbons (Fsp3) is 0.857. The smallest absolute Gasteiger partial charge is 0.294 e. The van der Waals surface area contributed by atoms with Crippen molar-refractivity contribution in [3.8, 4) is 6.07 Å². The summed E-state index contributed by atoms with van der Waals surface area (Å²) in [6.45, 7) is -0.237. The van der Waals surface area contributed by atoms with E-state index in [1.807, 2.05) is 6.07 Å². The van der Waals surface area contributed by atoms with Gasteiger partial charge in [-0.05, 0) is 13.0 Å². The number of hydrogen-bond donors (Lipinski definition) is 0. The predicted molar refractivity (Wildman–Crippen MR) is 36.2 cm³/mol. The maximum Gasteiger partial charge on any atom is 0.401 e. The third-order valence-electron chi connectivity index (χ3n) is 1.86. The number of likely N-dealkylation sites (tertiary alicyclic amines) is 1. The van der Waals surface area contributed by atoms with Crippen LogP contribution in [0.3, 0.4) is 0 Å². The quantitative estimate of drug-likeness (QED) is 0.606. The second kappa shape index (κ2) is 3.31. The van der Waals surface area contributed by atoms with Gasteiger partial charge in [-0.1, -0.05) is 0 Å². The summed E-state index contributed by atoms with van der Waals surface area (Å²) >= 11 is 0. The van der Waals surface area contributed by atoms with Crippen molar-refractivity contribution in [3.05, 3.63) is 0 Å². The zero-order valence-electron chi connectivity index (χ0n) is 6.43. The zero-order chi connectivity index (χ0) is 9.19. The minimum atomic E-state index is -4.13. The molecule has 68 valence electrons. The SMILES string of the molecule is N#CC1CCN(CC(F)(F)F)C1. The second-order valence-corrected chi connectivity index (χ2v) is 2.96. The molecule has 0 amide bonds. The molecule has 1 fully saturated rings. The van der Waals surface area contributed by atoms with Gasteiger partial charge in [0.1, 0.15) is 0 Å². The summed E-state index contributed by atoms with van der Waals surface area (Å²) in [5, 5.41) is 8.42. The highest BCUT2D eigenvalue weighted by Crippen LogP contribution is 2.21. The topological polar surface area (TPSA) is 27.0 Å². The van der Waals surface area contributed by atoms with Gasteiger partial charge in [0.15, 0.2) is 0 Å². The van der Waals surface area contributed by atoms with Crippen LogP contribution in [0.4, 0.5) is 13.2 Å². The minimum absolute atomic E-state index is 0.215. The number of nitrogens with zero attached hydrogens (tertiary/aromatic N) is 2. The summed E-state index contributed by atoms with van der Waals surface area (Å²) in [6.07, 6.45) is -3.57. The van der Waals surface area contributed by atoms with Crippen LogP contribution in [0.25, 0.3) is 0 Å². The lowest BCUT2D eigenvalue weighted by atomic mass is 10.1. The van der Waals surface area contributed by atoms with Gasteiger partial charge in [-0.25, -0.2) is 0 Å². The van der Waals surface area contributed by atoms with Crippen LogP contribution in [0.5, 0.6) is 0 Å². The molecule has 0 aromatic heterocycles. The molecule has 0 aromatic rings. The maximum absolute atomic E-state index is 11.8. The van der Waals surface area contributed by atoms with Gasteiger partial charge in [0.05, 0.1) is 18.5 Å². The van der Waals surface area contributed by atoms with E-state index in [1.54, 1.807) is 0 Å². The lowest BCUT2D eigenvalue weighted by molar-refractivity contribution is -0.143. The number of rotatable bonds is 1. The first-order chi connectivity index (χ1) is 5.51. The molecule has 1 heterocycles. The average Bonchev–Trinajstić information content (AvgIpc) is 2.32. The minimum Gasteiger partial charge on any atom is -0.294 e. The van der Waals surface area contributed by atoms with E-state index in [9.17, 15) is 13.2 Å². The monoisotopic (exact) mass is 178 g/mol. The van der Waals surface area contributed by atoms with Crippen molar-refractivity contribution in [1.29, 1.82) is 5.26 Å². The summed E-state index contributed by atoms with van der Waals surface area (Å²) in [5.41, 5.74) is 0. The molecular formula is C7H9F3N2. The molecule has 0 radical (unpaired) electrons. The zero-order valence-corrected chi connectivity index (χ0v) is 6.43. The molecule has 0 aliphatic carbocycles. The molecule has 0 spiro atoms. The van der Waals surface area contributed by atoms with Crippen molar-refractivity contribution in [2.45, 2.75) is 12.6 Å². The Hall–Kier alpha value is -0.760. The van der Waals surface area contributed by atoms with E-state index in [0.717, 1.165) is 0 Å². The fourth-order valence-electron chi connectivity index (χ4n) is 1.34. The maximum atomic E-state index is 11.8. The van der Waals surface area contributed by atoms with Gasteiger partial charge in [0.25, 0.3) is 0 Å². The Balaban J connectivity index is 2.34. The first-order valence-corrected chi connectivity index (χ1v) is 3.70. The molecule has 12 heavy (non-hydrogen) atoms. The van der Waals surface area contributed by atoms with Gasteiger partial charge in [-0.15, -0.1) is 0 Å². The summed E-state index contributed by atoms with van der Waals surface area (Å²) in [7, 11) is 0. The molecule has 5 heteroatoms. The van der Waals surface area contributed by atoms with E-state index in [2.05, 4.69) is 0 Å². The van der Waals surface area contributed by atoms with Crippen molar-refractivity contribution in [3.63, 3.8) is 0 Å². The first kappa shape index (κ1) is 9.33. The van der Waals surface area contributed by atoms with E-state index in [-0.39, 0.29) is 12.5 Å². The van der Waals surface area contributed by atoms with Crippen LogP contribution in [-0.4, -0.2) is 30.7 Å². The van der Waals surface area contributed by atoms with E-state index in [4.69, 9.17) is 5.26 Å². The van der Waals surface area contributed by atoms with Gasteiger partial charge in [-0.3, -0.25) is 4.90 Å². The van der Waals surface area contributed by atoms with Crippen LogP contribution in [0.1, 0.15) is 6.42 Å². The molecule has 1 rings (SSSR count). The molecule has 0 aromatic carbocycles. The van der Waals surface area contributed by atoms with Crippen LogP contribution in [0.15, 0.2) is 0 Å². The molecule has 0 saturated carbocycles. The second-order valence-electron chi connectivity index (χ2n) is 2.96. The molecule has 0 bridgehead atoms. The van der Waals surface area contributed by atoms with Gasteiger partial charge >= 0.3 is 6.18 Å². The molecule has 0 N–H and O–H groups in total. The lowest BCUT2D eigenvalue weighted by Gasteiger charge is -2.16. The molecule has 1 atom stereocenters. The first-order valence-electron chi connectivity index (χ1n) is 3.70. The average molecular weight is 178 g/mol. The largest absolute Gasteiger partial charge is 0.401 e. The third kappa shape index (κ3) is 2.70. The van der Waals surface area contributed by atoms with Gasteiger partial charge in [-0.2, -0.15) is 18.4 Å². The molecule has 1 aliphatic heterocycles. The number of hydrogen-bond acceptors (Lipinski definition) is 2. The van der Waals surface area contributed by atoms with Crippen molar-refractivity contribution in [1.82, 2.24) is 4.90 Å². The van der Waals surface area contributed by atoms with Crippen LogP contribution < -0.4 is 0 Å². The standard InChI is InChI=1S/C7H9F3N2/c8-7(9,10)5-12-2-1-6(3-11)4-12/h6H,1-2,4-5H2. The Morgan fingerprint density at radius 2 is 2.17 bits per heavy atom. The van der Waals surface area contributed by atoms with Crippen LogP contribution in [0.2, 0.25) is 0 Å². The molecule has 1 unspecified atom stereocenters. The number of alkyl halides is 3. The van der Waals surface area contributed by atoms with E-state index < -0.39 is 12.7 Å². The Kier molecular flexibility index (Phi) is 2.58. The van der Waals surface area contributed by atoms with Gasteiger partial charge < -0.3 is 0 Å². The van der Waals surface area contributed by atoms with Crippen molar-refractivity contribution in [2.24, 2.45) is 5.92 Å². The summed E-state index contributed by atoms with van der Waals surface area (Å²) in [5.74, 6) is -0.215. The highest BCUT2D eigenvalue weighted by Gasteiger charge is 2.34. The summed E-state index contributed by atoms with van der Waals surface area (Å²) in [6, 6.07) is 1.97. The number of nitriles is 1. The van der Waals surface area contributed by atoms with Crippen LogP contribution >= 0.6 is 0 Å². The van der Waals surface area contributed by atoms with E-state index in [0.29, 0.717) is 13.0 Å². The third-order valence-corrected chi connectivity index (χ3v) is 1.86. The van der Waals surface area contributed by atoms with Crippen molar-refractivity contribution < 1.29 is 13.2 Å². The highest BCUT2D eigenvalue weighted by atomic mass is 19.4. The highest BCUT2D eigenvalue weighted by molar-refractivity contribution is 4.90. The fourth-order valence-corrected chi connectivity index (χ4v) is 1.34. The van der Waals surface area contributed by atoms with Crippen molar-refractivity contribution in [2.75, 3.05) is 19.6 Å². The molecule has 1 aliphatic rings. The van der Waals surface area contributed by atoms with E-state index in [1.165, 1.54) is 4.90 Å². The Morgan fingerprint density at radius 1 is 1.50 bits per heavy atom. The Morgan fingerprint density at radius 3 is 2.58 bits per heavy atom. The van der Waals surface area contributed by atoms with Crippen LogP contribution in [0, 0.1) is 17.2 Å². The van der Waals surface area contributed by atoms with Crippen LogP contribution in [-0.2, 0) is 0 Å². The summed E-state index contributed by atoms with van der Waals surface area (Å²) in [4.78, 5) is 1.27. The molecular weight excluding hydrogens is 169 g/mol. The lowest BCUT2D eigenvalue weighted by Crippen LogP contribution is -2.32. The van der Waals surface area contributed by atoms with Crippen molar-refractivity contribution >= 4 is 0 Å². The van der Waals surface area contributed by atoms with E-state index >= 15 is 0 Å². The Labute approximate surface area is 68.6 Å². The molecule has 2 nitrogen and oxygen atoms in total. The van der Waals surface area contributed by atoms with Gasteiger partial charge in [0.2, 0.25) is 0 Å².